The van der Waals surface area contributed by atoms with E-state index in [1.807, 2.05) is 18.4 Å². The Bertz CT molecular complexity index is 1130. The number of hydrogen-bond acceptors (Lipinski definition) is 6. The quantitative estimate of drug-likeness (QED) is 0.699. The van der Waals surface area contributed by atoms with Crippen LogP contribution < -0.4 is 15.4 Å². The van der Waals surface area contributed by atoms with E-state index < -0.39 is 11.7 Å². The summed E-state index contributed by atoms with van der Waals surface area (Å²) in [6.45, 7) is 4.08. The number of nitrogen functional groups attached to an aromatic ring is 1. The third-order valence-electron chi connectivity index (χ3n) is 4.71. The number of carbonyl (C=O) groups is 1. The van der Waals surface area contributed by atoms with Crippen LogP contribution in [0.5, 0.6) is 5.88 Å². The number of anilines is 2. The average molecular weight is 417 g/mol. The van der Waals surface area contributed by atoms with E-state index in [1.54, 1.807) is 6.07 Å². The molecule has 10 heteroatoms. The van der Waals surface area contributed by atoms with Crippen molar-refractivity contribution in [2.75, 3.05) is 17.7 Å². The molecule has 1 aliphatic heterocycles. The fourth-order valence-corrected chi connectivity index (χ4v) is 3.64. The Morgan fingerprint density at radius 3 is 2.76 bits per heavy atom. The van der Waals surface area contributed by atoms with Gasteiger partial charge in [0.2, 0.25) is 11.8 Å². The van der Waals surface area contributed by atoms with Gasteiger partial charge in [0, 0.05) is 12.2 Å². The van der Waals surface area contributed by atoms with Gasteiger partial charge < -0.3 is 15.0 Å². The molecule has 0 unspecified atom stereocenters. The second-order valence-corrected chi connectivity index (χ2v) is 7.22. The van der Waals surface area contributed by atoms with Crippen molar-refractivity contribution < 1.29 is 13.9 Å². The summed E-state index contributed by atoms with van der Waals surface area (Å²) in [5, 5.41) is -0.0453. The van der Waals surface area contributed by atoms with Crippen molar-refractivity contribution in [2.45, 2.75) is 26.4 Å². The number of methoxy groups -OCH3 is 1. The number of hydrogen-bond donors (Lipinski definition) is 1. The molecular weight excluding hydrogens is 399 g/mol. The summed E-state index contributed by atoms with van der Waals surface area (Å²) in [6, 6.07) is 4.51. The third-order valence-corrected chi connectivity index (χ3v) is 5.00. The molecule has 0 fully saturated rings. The van der Waals surface area contributed by atoms with Gasteiger partial charge in [0.25, 0.3) is 5.91 Å². The summed E-state index contributed by atoms with van der Waals surface area (Å²) >= 11 is 5.89. The van der Waals surface area contributed by atoms with Crippen LogP contribution in [0.25, 0.3) is 11.4 Å². The van der Waals surface area contributed by atoms with Crippen molar-refractivity contribution in [3.63, 3.8) is 0 Å². The number of rotatable bonds is 4. The molecule has 0 saturated carbocycles. The van der Waals surface area contributed by atoms with E-state index in [2.05, 4.69) is 15.0 Å². The van der Waals surface area contributed by atoms with Crippen LogP contribution in [-0.4, -0.2) is 32.5 Å². The number of amides is 1. The number of ether oxygens (including phenoxy) is 1. The predicted molar refractivity (Wildman–Crippen MR) is 107 cm³/mol. The number of benzene rings is 1. The van der Waals surface area contributed by atoms with Crippen LogP contribution in [0.1, 0.15) is 36.1 Å². The van der Waals surface area contributed by atoms with Crippen LogP contribution in [0.2, 0.25) is 5.02 Å². The van der Waals surface area contributed by atoms with Crippen molar-refractivity contribution >= 4 is 29.1 Å². The normalized spacial score (nSPS) is 13.3. The molecule has 1 aliphatic rings. The average Bonchev–Trinajstić information content (AvgIpc) is 3.20. The lowest BCUT2D eigenvalue weighted by Gasteiger charge is -2.20. The number of imidazole rings is 1. The first-order valence-corrected chi connectivity index (χ1v) is 9.25. The molecule has 0 radical (unpaired) electrons. The maximum atomic E-state index is 14.5. The zero-order chi connectivity index (χ0) is 20.9. The topological polar surface area (TPSA) is 99.2 Å². The van der Waals surface area contributed by atoms with Crippen molar-refractivity contribution in [1.82, 2.24) is 19.5 Å². The van der Waals surface area contributed by atoms with E-state index in [0.717, 1.165) is 0 Å². The van der Waals surface area contributed by atoms with E-state index in [0.29, 0.717) is 17.1 Å². The molecule has 0 saturated heterocycles. The maximum Gasteiger partial charge on any atom is 0.279 e. The Labute approximate surface area is 171 Å². The molecule has 4 rings (SSSR count). The lowest BCUT2D eigenvalue weighted by atomic mass is 10.2. The zero-order valence-corrected chi connectivity index (χ0v) is 16.7. The molecule has 0 aliphatic carbocycles. The van der Waals surface area contributed by atoms with Crippen LogP contribution in [-0.2, 0) is 6.54 Å². The van der Waals surface area contributed by atoms with Gasteiger partial charge in [-0.1, -0.05) is 17.7 Å². The van der Waals surface area contributed by atoms with E-state index in [-0.39, 0.29) is 40.8 Å². The summed E-state index contributed by atoms with van der Waals surface area (Å²) in [7, 11) is 1.47. The highest BCUT2D eigenvalue weighted by molar-refractivity contribution is 6.31. The second-order valence-electron chi connectivity index (χ2n) is 6.81. The highest BCUT2D eigenvalue weighted by atomic mass is 35.5. The largest absolute Gasteiger partial charge is 0.480 e. The van der Waals surface area contributed by atoms with Gasteiger partial charge in [-0.25, -0.2) is 14.4 Å². The van der Waals surface area contributed by atoms with Crippen molar-refractivity contribution in [1.29, 1.82) is 0 Å². The van der Waals surface area contributed by atoms with Crippen LogP contribution in [0.4, 0.5) is 16.0 Å². The molecule has 3 heterocycles. The van der Waals surface area contributed by atoms with Gasteiger partial charge in [0.1, 0.15) is 5.82 Å². The number of carbonyl (C=O) groups excluding carboxylic acids is 1. The van der Waals surface area contributed by atoms with Gasteiger partial charge >= 0.3 is 0 Å². The van der Waals surface area contributed by atoms with E-state index in [4.69, 9.17) is 22.1 Å². The Hall–Kier alpha value is -3.20. The lowest BCUT2D eigenvalue weighted by Crippen LogP contribution is -2.25. The highest BCUT2D eigenvalue weighted by Gasteiger charge is 2.37. The molecule has 150 valence electrons. The molecule has 8 nitrogen and oxygen atoms in total. The van der Waals surface area contributed by atoms with Gasteiger partial charge in [-0.05, 0) is 26.0 Å². The van der Waals surface area contributed by atoms with Crippen molar-refractivity contribution in [2.24, 2.45) is 0 Å². The first-order valence-electron chi connectivity index (χ1n) is 8.87. The molecular formula is C19H18ClFN6O2. The van der Waals surface area contributed by atoms with Crippen LogP contribution in [0.3, 0.4) is 0 Å². The molecule has 1 aromatic carbocycles. The number of nitrogens with two attached hydrogens (primary N) is 1. The predicted octanol–water partition coefficient (Wildman–Crippen LogP) is 3.46. The molecule has 0 atom stereocenters. The van der Waals surface area contributed by atoms with Gasteiger partial charge in [-0.3, -0.25) is 9.69 Å². The molecule has 3 aromatic rings. The van der Waals surface area contributed by atoms with E-state index in [9.17, 15) is 9.18 Å². The summed E-state index contributed by atoms with van der Waals surface area (Å²) < 4.78 is 21.7. The maximum absolute atomic E-state index is 14.5. The minimum atomic E-state index is -0.641. The number of fused-ring (bicyclic) bond motifs is 1. The van der Waals surface area contributed by atoms with Crippen LogP contribution in [0, 0.1) is 5.82 Å². The SMILES string of the molecule is COc1nc(N)ncc1-c1nc2c(n1C(C)C)CN(c1cccc(Cl)c1F)C2=O. The van der Waals surface area contributed by atoms with Crippen LogP contribution in [0.15, 0.2) is 24.4 Å². The monoisotopic (exact) mass is 416 g/mol. The molecule has 2 aromatic heterocycles. The van der Waals surface area contributed by atoms with E-state index >= 15 is 0 Å². The first kappa shape index (κ1) is 19.1. The van der Waals surface area contributed by atoms with Gasteiger partial charge in [0.15, 0.2) is 11.5 Å². The van der Waals surface area contributed by atoms with Gasteiger partial charge in [-0.15, -0.1) is 0 Å². The minimum absolute atomic E-state index is 0.0412. The number of aromatic nitrogens is 4. The summed E-state index contributed by atoms with van der Waals surface area (Å²) in [5.41, 5.74) is 7.18. The third kappa shape index (κ3) is 2.98. The minimum Gasteiger partial charge on any atom is -0.480 e. The smallest absolute Gasteiger partial charge is 0.279 e. The Kier molecular flexibility index (Phi) is 4.62. The molecule has 0 spiro atoms. The van der Waals surface area contributed by atoms with Gasteiger partial charge in [-0.2, -0.15) is 4.98 Å². The van der Waals surface area contributed by atoms with Crippen molar-refractivity contribution in [3.8, 4) is 17.3 Å². The fourth-order valence-electron chi connectivity index (χ4n) is 3.47. The Balaban J connectivity index is 1.84. The highest BCUT2D eigenvalue weighted by Crippen LogP contribution is 2.38. The summed E-state index contributed by atoms with van der Waals surface area (Å²) in [6.07, 6.45) is 1.51. The molecule has 1 amide bonds. The number of nitrogens with zero attached hydrogens (tertiary/aromatic N) is 5. The second kappa shape index (κ2) is 7.00. The molecule has 0 bridgehead atoms. The molecule has 29 heavy (non-hydrogen) atoms. The Morgan fingerprint density at radius 1 is 1.31 bits per heavy atom. The standard InChI is InChI=1S/C19H18ClFN6O2/c1-9(2)27-13-8-26(12-6-4-5-11(20)14(12)21)18(28)15(13)24-16(27)10-7-23-19(22)25-17(10)29-3/h4-7,9H,8H2,1-3H3,(H2,22,23,25). The summed E-state index contributed by atoms with van der Waals surface area (Å²) in [5.74, 6) is -0.233. The van der Waals surface area contributed by atoms with E-state index in [1.165, 1.54) is 30.3 Å². The Morgan fingerprint density at radius 2 is 2.07 bits per heavy atom. The first-order chi connectivity index (χ1) is 13.8. The molecule has 2 N–H and O–H groups in total. The summed E-state index contributed by atoms with van der Waals surface area (Å²) in [4.78, 5) is 27.0. The van der Waals surface area contributed by atoms with Crippen molar-refractivity contribution in [3.05, 3.63) is 46.6 Å². The fraction of sp³-hybridized carbons (Fsp3) is 0.263. The van der Waals surface area contributed by atoms with Crippen LogP contribution >= 0.6 is 11.6 Å². The zero-order valence-electron chi connectivity index (χ0n) is 16.0. The lowest BCUT2D eigenvalue weighted by molar-refractivity contribution is 0.0992. The number of halogens is 2. The van der Waals surface area contributed by atoms with Gasteiger partial charge in [0.05, 0.1) is 35.6 Å².